The molecule has 16 heavy (non-hydrogen) atoms. The Bertz CT molecular complexity index is 417. The van der Waals surface area contributed by atoms with Crippen molar-refractivity contribution < 1.29 is 17.0 Å². The Morgan fingerprint density at radius 2 is 2.31 bits per heavy atom. The standard InChI is InChI=1S/C13H17N2.ClH/c1-3-13(7-5-4-6-8-13)11-15-10-9-14(2)12-15;/h3-7,9-10,12H,1,8,11H2,2H3;1H/q+1;/p-1. The molecule has 2 rings (SSSR count). The van der Waals surface area contributed by atoms with E-state index in [4.69, 9.17) is 0 Å². The smallest absolute Gasteiger partial charge is 0.243 e. The minimum absolute atomic E-state index is 0. The van der Waals surface area contributed by atoms with Gasteiger partial charge in [0.2, 0.25) is 6.33 Å². The molecule has 0 amide bonds. The van der Waals surface area contributed by atoms with E-state index in [-0.39, 0.29) is 17.8 Å². The molecule has 0 bridgehead atoms. The number of rotatable bonds is 3. The second kappa shape index (κ2) is 5.17. The van der Waals surface area contributed by atoms with E-state index in [2.05, 4.69) is 58.7 Å². The third-order valence-corrected chi connectivity index (χ3v) is 2.88. The van der Waals surface area contributed by atoms with Crippen LogP contribution in [-0.4, -0.2) is 4.57 Å². The van der Waals surface area contributed by atoms with Crippen molar-refractivity contribution in [3.8, 4) is 0 Å². The van der Waals surface area contributed by atoms with Gasteiger partial charge in [0.25, 0.3) is 0 Å². The van der Waals surface area contributed by atoms with Gasteiger partial charge in [0.05, 0.1) is 7.05 Å². The topological polar surface area (TPSA) is 8.81 Å². The largest absolute Gasteiger partial charge is 1.00 e. The zero-order valence-electron chi connectivity index (χ0n) is 9.51. The first-order valence-electron chi connectivity index (χ1n) is 5.23. The lowest BCUT2D eigenvalue weighted by Crippen LogP contribution is -3.00. The molecule has 1 aliphatic rings. The van der Waals surface area contributed by atoms with Crippen LogP contribution in [0.2, 0.25) is 0 Å². The summed E-state index contributed by atoms with van der Waals surface area (Å²) in [4.78, 5) is 0. The van der Waals surface area contributed by atoms with E-state index in [0.717, 1.165) is 13.0 Å². The summed E-state index contributed by atoms with van der Waals surface area (Å²) >= 11 is 0. The molecule has 0 spiro atoms. The maximum atomic E-state index is 3.95. The van der Waals surface area contributed by atoms with E-state index < -0.39 is 0 Å². The van der Waals surface area contributed by atoms with E-state index >= 15 is 0 Å². The molecule has 0 fully saturated rings. The van der Waals surface area contributed by atoms with E-state index in [9.17, 15) is 0 Å². The number of hydrogen-bond donors (Lipinski definition) is 0. The van der Waals surface area contributed by atoms with Crippen molar-refractivity contribution in [2.45, 2.75) is 13.0 Å². The van der Waals surface area contributed by atoms with Crippen LogP contribution in [0.3, 0.4) is 0 Å². The van der Waals surface area contributed by atoms with Crippen LogP contribution < -0.4 is 17.0 Å². The zero-order chi connectivity index (χ0) is 10.7. The van der Waals surface area contributed by atoms with Gasteiger partial charge in [-0.1, -0.05) is 30.4 Å². The predicted molar refractivity (Wildman–Crippen MR) is 61.1 cm³/mol. The van der Waals surface area contributed by atoms with E-state index in [0.29, 0.717) is 0 Å². The highest BCUT2D eigenvalue weighted by molar-refractivity contribution is 5.21. The van der Waals surface area contributed by atoms with E-state index in [1.54, 1.807) is 0 Å². The van der Waals surface area contributed by atoms with Gasteiger partial charge in [-0.15, -0.1) is 6.58 Å². The van der Waals surface area contributed by atoms with Gasteiger partial charge in [-0.3, -0.25) is 0 Å². The maximum absolute atomic E-state index is 3.95. The molecule has 0 aliphatic heterocycles. The molecule has 1 heterocycles. The van der Waals surface area contributed by atoms with Gasteiger partial charge in [0.1, 0.15) is 18.9 Å². The number of aryl methyl sites for hydroxylation is 1. The minimum atomic E-state index is 0. The molecule has 1 aromatic rings. The number of aromatic nitrogens is 2. The maximum Gasteiger partial charge on any atom is 0.243 e. The average molecular weight is 237 g/mol. The van der Waals surface area contributed by atoms with Gasteiger partial charge in [-0.2, -0.15) is 0 Å². The fourth-order valence-corrected chi connectivity index (χ4v) is 1.95. The van der Waals surface area contributed by atoms with Crippen molar-refractivity contribution in [3.63, 3.8) is 0 Å². The van der Waals surface area contributed by atoms with E-state index in [1.165, 1.54) is 0 Å². The Morgan fingerprint density at radius 3 is 2.81 bits per heavy atom. The van der Waals surface area contributed by atoms with Crippen LogP contribution in [0.4, 0.5) is 0 Å². The molecule has 1 aliphatic carbocycles. The Labute approximate surface area is 103 Å². The van der Waals surface area contributed by atoms with Crippen molar-refractivity contribution in [3.05, 3.63) is 55.7 Å². The number of imidazole rings is 1. The Kier molecular flexibility index (Phi) is 4.13. The first kappa shape index (κ1) is 12.8. The average Bonchev–Trinajstić information content (AvgIpc) is 2.65. The molecule has 0 saturated carbocycles. The highest BCUT2D eigenvalue weighted by Gasteiger charge is 2.26. The summed E-state index contributed by atoms with van der Waals surface area (Å²) in [7, 11) is 2.04. The zero-order valence-corrected chi connectivity index (χ0v) is 10.3. The summed E-state index contributed by atoms with van der Waals surface area (Å²) in [5, 5.41) is 0. The van der Waals surface area contributed by atoms with Crippen LogP contribution in [0.25, 0.3) is 0 Å². The number of hydrogen-bond acceptors (Lipinski definition) is 0. The number of halogens is 1. The molecule has 1 atom stereocenters. The number of allylic oxidation sites excluding steroid dienone is 5. The Balaban J connectivity index is 0.00000128. The first-order chi connectivity index (χ1) is 7.24. The SMILES string of the molecule is C=CC1(Cn2cc[n+](C)c2)C=CC=CC1.[Cl-]. The fraction of sp³-hybridized carbons (Fsp3) is 0.308. The van der Waals surface area contributed by atoms with Gasteiger partial charge in [-0.25, -0.2) is 9.13 Å². The molecule has 0 aromatic carbocycles. The van der Waals surface area contributed by atoms with Gasteiger partial charge in [0.15, 0.2) is 0 Å². The van der Waals surface area contributed by atoms with Crippen LogP contribution in [0.1, 0.15) is 6.42 Å². The van der Waals surface area contributed by atoms with Gasteiger partial charge < -0.3 is 12.4 Å². The lowest BCUT2D eigenvalue weighted by molar-refractivity contribution is -0.671. The second-order valence-electron chi connectivity index (χ2n) is 4.18. The van der Waals surface area contributed by atoms with Crippen molar-refractivity contribution in [2.75, 3.05) is 0 Å². The van der Waals surface area contributed by atoms with Crippen LogP contribution in [0.5, 0.6) is 0 Å². The van der Waals surface area contributed by atoms with Crippen molar-refractivity contribution >= 4 is 0 Å². The molecular weight excluding hydrogens is 220 g/mol. The summed E-state index contributed by atoms with van der Waals surface area (Å²) in [6.45, 7) is 4.91. The fourth-order valence-electron chi connectivity index (χ4n) is 1.95. The highest BCUT2D eigenvalue weighted by atomic mass is 35.5. The predicted octanol–water partition coefficient (Wildman–Crippen LogP) is -0.995. The molecule has 3 heteroatoms. The quantitative estimate of drug-likeness (QED) is 0.471. The van der Waals surface area contributed by atoms with Gasteiger partial charge in [-0.05, 0) is 6.42 Å². The lowest BCUT2D eigenvalue weighted by atomic mass is 9.81. The van der Waals surface area contributed by atoms with Crippen molar-refractivity contribution in [1.82, 2.24) is 4.57 Å². The summed E-state index contributed by atoms with van der Waals surface area (Å²) in [5.74, 6) is 0. The summed E-state index contributed by atoms with van der Waals surface area (Å²) in [6, 6.07) is 0. The first-order valence-corrected chi connectivity index (χ1v) is 5.23. The molecule has 0 saturated heterocycles. The normalized spacial score (nSPS) is 22.8. The molecule has 2 nitrogen and oxygen atoms in total. The molecule has 0 N–H and O–H groups in total. The van der Waals surface area contributed by atoms with E-state index in [1.807, 2.05) is 13.1 Å². The van der Waals surface area contributed by atoms with Crippen molar-refractivity contribution in [2.24, 2.45) is 12.5 Å². The third kappa shape index (κ3) is 2.64. The molecular formula is C13H17ClN2. The minimum Gasteiger partial charge on any atom is -1.00 e. The molecule has 0 radical (unpaired) electrons. The van der Waals surface area contributed by atoms with Gasteiger partial charge >= 0.3 is 0 Å². The van der Waals surface area contributed by atoms with Gasteiger partial charge in [0, 0.05) is 5.41 Å². The summed E-state index contributed by atoms with van der Waals surface area (Å²) in [5.41, 5.74) is 0.0841. The monoisotopic (exact) mass is 236 g/mol. The lowest BCUT2D eigenvalue weighted by Gasteiger charge is -2.25. The summed E-state index contributed by atoms with van der Waals surface area (Å²) in [6.07, 6.45) is 18.0. The molecule has 1 aromatic heterocycles. The van der Waals surface area contributed by atoms with Crippen molar-refractivity contribution in [1.29, 1.82) is 0 Å². The highest BCUT2D eigenvalue weighted by Crippen LogP contribution is 2.30. The second-order valence-corrected chi connectivity index (χ2v) is 4.18. The van der Waals surface area contributed by atoms with Crippen LogP contribution in [-0.2, 0) is 13.6 Å². The molecule has 1 unspecified atom stereocenters. The van der Waals surface area contributed by atoms with Crippen LogP contribution in [0.15, 0.2) is 55.7 Å². The molecule has 86 valence electrons. The Morgan fingerprint density at radius 1 is 1.50 bits per heavy atom. The van der Waals surface area contributed by atoms with Crippen LogP contribution >= 0.6 is 0 Å². The summed E-state index contributed by atoms with van der Waals surface area (Å²) < 4.78 is 4.25. The number of nitrogens with zero attached hydrogens (tertiary/aromatic N) is 2. The Hall–Kier alpha value is -1.28. The van der Waals surface area contributed by atoms with Crippen LogP contribution in [0, 0.1) is 5.41 Å². The third-order valence-electron chi connectivity index (χ3n) is 2.88.